The monoisotopic (exact) mass is 407 g/mol. The van der Waals surface area contributed by atoms with Gasteiger partial charge in [0.2, 0.25) is 5.88 Å². The lowest BCUT2D eigenvalue weighted by Gasteiger charge is -2.29. The van der Waals surface area contributed by atoms with Crippen molar-refractivity contribution in [3.8, 4) is 5.88 Å². The number of rotatable bonds is 9. The molecule has 1 saturated carbocycles. The van der Waals surface area contributed by atoms with E-state index < -0.39 is 12.5 Å². The number of ether oxygens (including phenoxy) is 2. The maximum atomic E-state index is 12.8. The van der Waals surface area contributed by atoms with Crippen LogP contribution in [0.2, 0.25) is 0 Å². The number of pyridine rings is 1. The van der Waals surface area contributed by atoms with Crippen molar-refractivity contribution >= 4 is 16.8 Å². The van der Waals surface area contributed by atoms with Crippen molar-refractivity contribution in [3.63, 3.8) is 0 Å². The number of hydrogen-bond acceptors (Lipinski definition) is 5. The average molecular weight is 407 g/mol. The van der Waals surface area contributed by atoms with E-state index in [1.165, 1.54) is 0 Å². The summed E-state index contributed by atoms with van der Waals surface area (Å²) in [6, 6.07) is 8.56. The maximum Gasteiger partial charge on any atom is 0.388 e. The number of benzene rings is 1. The van der Waals surface area contributed by atoms with Crippen molar-refractivity contribution in [3.05, 3.63) is 35.9 Å². The van der Waals surface area contributed by atoms with Crippen molar-refractivity contribution in [2.75, 3.05) is 19.8 Å². The summed E-state index contributed by atoms with van der Waals surface area (Å²) < 4.78 is 35.7. The van der Waals surface area contributed by atoms with E-state index in [1.54, 1.807) is 30.3 Å². The van der Waals surface area contributed by atoms with Crippen molar-refractivity contribution in [1.82, 2.24) is 10.3 Å². The van der Waals surface area contributed by atoms with Crippen LogP contribution in [0.25, 0.3) is 10.9 Å². The Morgan fingerprint density at radius 2 is 2.00 bits per heavy atom. The second-order valence-electron chi connectivity index (χ2n) is 7.32. The van der Waals surface area contributed by atoms with Gasteiger partial charge in [-0.1, -0.05) is 18.2 Å². The zero-order valence-electron chi connectivity index (χ0n) is 16.3. The predicted molar refractivity (Wildman–Crippen MR) is 106 cm³/mol. The smallest absolute Gasteiger partial charge is 0.388 e. The first-order chi connectivity index (χ1) is 14.1. The van der Waals surface area contributed by atoms with Crippen molar-refractivity contribution in [2.24, 2.45) is 11.7 Å². The minimum Gasteiger partial charge on any atom is -0.416 e. The van der Waals surface area contributed by atoms with Crippen LogP contribution in [-0.2, 0) is 4.74 Å². The van der Waals surface area contributed by atoms with Gasteiger partial charge in [0.15, 0.2) is 0 Å². The van der Waals surface area contributed by atoms with Crippen molar-refractivity contribution in [1.29, 1.82) is 0 Å². The Kier molecular flexibility index (Phi) is 7.71. The number of para-hydroxylation sites is 1. The minimum absolute atomic E-state index is 0.00587. The van der Waals surface area contributed by atoms with Crippen LogP contribution in [0.3, 0.4) is 0 Å². The molecular weight excluding hydrogens is 380 g/mol. The SMILES string of the molecule is NCCCOC[C@H]1CC[C@H](NC(=O)c2cc3ccccc3nc2OC(F)F)CC1. The lowest BCUT2D eigenvalue weighted by molar-refractivity contribution is -0.0529. The number of halogens is 2. The van der Waals surface area contributed by atoms with Crippen LogP contribution >= 0.6 is 0 Å². The minimum atomic E-state index is -3.05. The summed E-state index contributed by atoms with van der Waals surface area (Å²) in [5.41, 5.74) is 5.97. The van der Waals surface area contributed by atoms with E-state index in [1.807, 2.05) is 0 Å². The summed E-state index contributed by atoms with van der Waals surface area (Å²) in [7, 11) is 0. The summed E-state index contributed by atoms with van der Waals surface area (Å²) in [6.07, 6.45) is 4.40. The first-order valence-corrected chi connectivity index (χ1v) is 10.00. The van der Waals surface area contributed by atoms with E-state index in [4.69, 9.17) is 10.5 Å². The molecule has 3 N–H and O–H groups in total. The summed E-state index contributed by atoms with van der Waals surface area (Å²) in [6.45, 7) is -1.04. The van der Waals surface area contributed by atoms with E-state index in [-0.39, 0.29) is 17.5 Å². The van der Waals surface area contributed by atoms with Crippen molar-refractivity contribution < 1.29 is 23.0 Å². The first-order valence-electron chi connectivity index (χ1n) is 10.00. The molecule has 1 aromatic heterocycles. The van der Waals surface area contributed by atoms with E-state index >= 15 is 0 Å². The molecule has 0 radical (unpaired) electrons. The Morgan fingerprint density at radius 3 is 2.72 bits per heavy atom. The molecule has 6 nitrogen and oxygen atoms in total. The Balaban J connectivity index is 1.61. The number of nitrogens with one attached hydrogen (secondary N) is 1. The molecule has 1 aromatic carbocycles. The second kappa shape index (κ2) is 10.5. The van der Waals surface area contributed by atoms with Gasteiger partial charge < -0.3 is 20.5 Å². The van der Waals surface area contributed by atoms with Gasteiger partial charge in [-0.25, -0.2) is 4.98 Å². The quantitative estimate of drug-likeness (QED) is 0.622. The Morgan fingerprint density at radius 1 is 1.24 bits per heavy atom. The third-order valence-corrected chi connectivity index (χ3v) is 5.16. The largest absolute Gasteiger partial charge is 0.416 e. The number of carbonyl (C=O) groups excluding carboxylic acids is 1. The summed E-state index contributed by atoms with van der Waals surface area (Å²) in [4.78, 5) is 16.9. The van der Waals surface area contributed by atoms with Gasteiger partial charge in [0.25, 0.3) is 5.91 Å². The van der Waals surface area contributed by atoms with Crippen LogP contribution in [0.5, 0.6) is 5.88 Å². The molecule has 0 aliphatic heterocycles. The fourth-order valence-corrected chi connectivity index (χ4v) is 3.61. The zero-order chi connectivity index (χ0) is 20.6. The van der Waals surface area contributed by atoms with E-state index in [9.17, 15) is 13.6 Å². The summed E-state index contributed by atoms with van der Waals surface area (Å²) >= 11 is 0. The van der Waals surface area contributed by atoms with Gasteiger partial charge in [0, 0.05) is 24.6 Å². The zero-order valence-corrected chi connectivity index (χ0v) is 16.3. The van der Waals surface area contributed by atoms with E-state index in [0.29, 0.717) is 36.6 Å². The molecule has 1 aliphatic carbocycles. The van der Waals surface area contributed by atoms with E-state index in [2.05, 4.69) is 15.0 Å². The lowest BCUT2D eigenvalue weighted by Crippen LogP contribution is -2.38. The Bertz CT molecular complexity index is 811. The number of alkyl halides is 2. The normalized spacial score (nSPS) is 19.4. The maximum absolute atomic E-state index is 12.8. The van der Waals surface area contributed by atoms with Crippen LogP contribution in [-0.4, -0.2) is 43.3 Å². The number of carbonyl (C=O) groups is 1. The number of fused-ring (bicyclic) bond motifs is 1. The Labute approximate surface area is 168 Å². The van der Waals surface area contributed by atoms with Gasteiger partial charge >= 0.3 is 6.61 Å². The summed E-state index contributed by atoms with van der Waals surface area (Å²) in [5.74, 6) is -0.319. The third-order valence-electron chi connectivity index (χ3n) is 5.16. The van der Waals surface area contributed by atoms with Crippen molar-refractivity contribution in [2.45, 2.75) is 44.8 Å². The van der Waals surface area contributed by atoms with Crippen LogP contribution < -0.4 is 15.8 Å². The standard InChI is InChI=1S/C21H27F2N3O3/c22-21(23)29-20-17(12-15-4-1-2-5-18(15)26-20)19(27)25-16-8-6-14(7-9-16)13-28-11-3-10-24/h1-2,4-5,12,14,16,21H,3,6-11,13,24H2,(H,25,27)/t14-,16-. The molecular formula is C21H27F2N3O3. The molecule has 1 aliphatic rings. The number of aromatic nitrogens is 1. The molecule has 0 atom stereocenters. The molecule has 158 valence electrons. The molecule has 3 rings (SSSR count). The molecule has 1 heterocycles. The molecule has 8 heteroatoms. The van der Waals surface area contributed by atoms with Gasteiger partial charge in [-0.15, -0.1) is 0 Å². The highest BCUT2D eigenvalue weighted by Crippen LogP contribution is 2.27. The van der Waals surface area contributed by atoms with Gasteiger partial charge in [-0.05, 0) is 56.7 Å². The number of nitrogens with zero attached hydrogens (tertiary/aromatic N) is 1. The second-order valence-corrected chi connectivity index (χ2v) is 7.32. The first kappa shape index (κ1) is 21.4. The molecule has 0 saturated heterocycles. The fourth-order valence-electron chi connectivity index (χ4n) is 3.61. The molecule has 0 unspecified atom stereocenters. The van der Waals surface area contributed by atoms with Crippen LogP contribution in [0.1, 0.15) is 42.5 Å². The molecule has 0 bridgehead atoms. The van der Waals surface area contributed by atoms with Crippen LogP contribution in [0.4, 0.5) is 8.78 Å². The number of amides is 1. The van der Waals surface area contributed by atoms with Gasteiger partial charge in [-0.3, -0.25) is 4.79 Å². The molecule has 29 heavy (non-hydrogen) atoms. The van der Waals surface area contributed by atoms with Crippen LogP contribution in [0, 0.1) is 5.92 Å². The number of nitrogens with two attached hydrogens (primary N) is 1. The average Bonchev–Trinajstić information content (AvgIpc) is 2.71. The molecule has 1 amide bonds. The highest BCUT2D eigenvalue weighted by Gasteiger charge is 2.25. The number of hydrogen-bond donors (Lipinski definition) is 2. The predicted octanol–water partition coefficient (Wildman–Crippen LogP) is 3.49. The molecule has 0 spiro atoms. The van der Waals surface area contributed by atoms with Gasteiger partial charge in [-0.2, -0.15) is 8.78 Å². The highest BCUT2D eigenvalue weighted by molar-refractivity contribution is 6.00. The third kappa shape index (κ3) is 6.08. The molecule has 1 fully saturated rings. The lowest BCUT2D eigenvalue weighted by atomic mass is 9.86. The Hall–Kier alpha value is -2.32. The van der Waals surface area contributed by atoms with Gasteiger partial charge in [0.05, 0.1) is 5.52 Å². The van der Waals surface area contributed by atoms with Crippen LogP contribution in [0.15, 0.2) is 30.3 Å². The molecule has 2 aromatic rings. The fraction of sp³-hybridized carbons (Fsp3) is 0.524. The topological polar surface area (TPSA) is 86.5 Å². The van der Waals surface area contributed by atoms with E-state index in [0.717, 1.165) is 32.1 Å². The summed E-state index contributed by atoms with van der Waals surface area (Å²) in [5, 5.41) is 3.64. The van der Waals surface area contributed by atoms with Gasteiger partial charge in [0.1, 0.15) is 5.56 Å². The highest BCUT2D eigenvalue weighted by atomic mass is 19.3.